The molecule has 2 aliphatic rings. The number of anilines is 1. The van der Waals surface area contributed by atoms with Gasteiger partial charge in [0.05, 0.1) is 11.0 Å². The average Bonchev–Trinajstić information content (AvgIpc) is 3.25. The molecule has 0 radical (unpaired) electrons. The summed E-state index contributed by atoms with van der Waals surface area (Å²) in [6.07, 6.45) is 3.06. The summed E-state index contributed by atoms with van der Waals surface area (Å²) in [4.78, 5) is 14.3. The minimum atomic E-state index is -3.12. The molecule has 1 aromatic carbocycles. The van der Waals surface area contributed by atoms with Crippen molar-refractivity contribution in [3.05, 3.63) is 29.8 Å². The SMILES string of the molecule is CC(C)S(=O)(=O)Cc1cccc(N[C@@H]2CCN(C3CC3)C2=O)c1. The van der Waals surface area contributed by atoms with Crippen molar-refractivity contribution in [1.82, 2.24) is 4.90 Å². The predicted molar refractivity (Wildman–Crippen MR) is 91.0 cm³/mol. The van der Waals surface area contributed by atoms with Gasteiger partial charge in [-0.25, -0.2) is 8.42 Å². The van der Waals surface area contributed by atoms with Gasteiger partial charge in [0.15, 0.2) is 9.84 Å². The number of rotatable bonds is 6. The fourth-order valence-electron chi connectivity index (χ4n) is 2.94. The molecule has 1 saturated heterocycles. The molecule has 1 heterocycles. The summed E-state index contributed by atoms with van der Waals surface area (Å²) >= 11 is 0. The average molecular weight is 336 g/mol. The normalized spacial score (nSPS) is 22.0. The minimum absolute atomic E-state index is 0.0347. The number of sulfone groups is 1. The van der Waals surface area contributed by atoms with Crippen molar-refractivity contribution < 1.29 is 13.2 Å². The molecule has 0 bridgehead atoms. The van der Waals surface area contributed by atoms with Crippen LogP contribution in [0.3, 0.4) is 0 Å². The van der Waals surface area contributed by atoms with Crippen LogP contribution in [0.5, 0.6) is 0 Å². The van der Waals surface area contributed by atoms with Gasteiger partial charge in [0.2, 0.25) is 5.91 Å². The third-order valence-electron chi connectivity index (χ3n) is 4.58. The van der Waals surface area contributed by atoms with E-state index in [9.17, 15) is 13.2 Å². The zero-order chi connectivity index (χ0) is 16.6. The summed E-state index contributed by atoms with van der Waals surface area (Å²) in [5.74, 6) is 0.209. The molecule has 1 aliphatic heterocycles. The van der Waals surface area contributed by atoms with E-state index in [4.69, 9.17) is 0 Å². The number of carbonyl (C=O) groups is 1. The lowest BCUT2D eigenvalue weighted by Gasteiger charge is -2.17. The van der Waals surface area contributed by atoms with Crippen LogP contribution in [0.4, 0.5) is 5.69 Å². The number of hydrogen-bond acceptors (Lipinski definition) is 4. The zero-order valence-corrected chi connectivity index (χ0v) is 14.5. The van der Waals surface area contributed by atoms with Gasteiger partial charge in [-0.1, -0.05) is 12.1 Å². The van der Waals surface area contributed by atoms with Crippen molar-refractivity contribution in [2.75, 3.05) is 11.9 Å². The Hall–Kier alpha value is -1.56. The van der Waals surface area contributed by atoms with Gasteiger partial charge in [0.1, 0.15) is 6.04 Å². The van der Waals surface area contributed by atoms with Gasteiger partial charge in [-0.15, -0.1) is 0 Å². The molecule has 0 unspecified atom stereocenters. The highest BCUT2D eigenvalue weighted by Crippen LogP contribution is 2.31. The Morgan fingerprint density at radius 3 is 2.65 bits per heavy atom. The highest BCUT2D eigenvalue weighted by Gasteiger charge is 2.40. The van der Waals surface area contributed by atoms with Crippen LogP contribution in [0.1, 0.15) is 38.7 Å². The highest BCUT2D eigenvalue weighted by atomic mass is 32.2. The third kappa shape index (κ3) is 3.68. The largest absolute Gasteiger partial charge is 0.374 e. The van der Waals surface area contributed by atoms with Crippen LogP contribution in [0, 0.1) is 0 Å². The summed E-state index contributed by atoms with van der Waals surface area (Å²) < 4.78 is 24.1. The fraction of sp³-hybridized carbons (Fsp3) is 0.588. The first-order valence-electron chi connectivity index (χ1n) is 8.24. The van der Waals surface area contributed by atoms with Gasteiger partial charge < -0.3 is 10.2 Å². The molecule has 6 heteroatoms. The molecule has 2 fully saturated rings. The molecule has 1 aliphatic carbocycles. The molecule has 23 heavy (non-hydrogen) atoms. The summed E-state index contributed by atoms with van der Waals surface area (Å²) in [7, 11) is -3.12. The van der Waals surface area contributed by atoms with Crippen LogP contribution in [0.2, 0.25) is 0 Å². The number of nitrogens with zero attached hydrogens (tertiary/aromatic N) is 1. The first kappa shape index (κ1) is 16.3. The lowest BCUT2D eigenvalue weighted by Crippen LogP contribution is -2.34. The number of nitrogens with one attached hydrogen (secondary N) is 1. The van der Waals surface area contributed by atoms with Crippen molar-refractivity contribution in [1.29, 1.82) is 0 Å². The summed E-state index contributed by atoms with van der Waals surface area (Å²) in [6, 6.07) is 7.65. The molecule has 1 amide bonds. The van der Waals surface area contributed by atoms with E-state index in [2.05, 4.69) is 5.32 Å². The first-order valence-corrected chi connectivity index (χ1v) is 9.96. The lowest BCUT2D eigenvalue weighted by atomic mass is 10.2. The molecule has 0 aromatic heterocycles. The Kier molecular flexibility index (Phi) is 4.36. The van der Waals surface area contributed by atoms with E-state index in [0.29, 0.717) is 6.04 Å². The Bertz CT molecular complexity index is 696. The van der Waals surface area contributed by atoms with Gasteiger partial charge in [-0.05, 0) is 50.8 Å². The second-order valence-corrected chi connectivity index (χ2v) is 9.36. The van der Waals surface area contributed by atoms with E-state index in [1.807, 2.05) is 29.2 Å². The molecule has 1 saturated carbocycles. The maximum Gasteiger partial charge on any atom is 0.245 e. The second kappa shape index (κ2) is 6.15. The summed E-state index contributed by atoms with van der Waals surface area (Å²) in [5.41, 5.74) is 1.57. The summed E-state index contributed by atoms with van der Waals surface area (Å²) in [6.45, 7) is 4.21. The Balaban J connectivity index is 1.67. The van der Waals surface area contributed by atoms with E-state index in [1.54, 1.807) is 13.8 Å². The van der Waals surface area contributed by atoms with Crippen LogP contribution >= 0.6 is 0 Å². The lowest BCUT2D eigenvalue weighted by molar-refractivity contribution is -0.128. The third-order valence-corrected chi connectivity index (χ3v) is 6.75. The van der Waals surface area contributed by atoms with Gasteiger partial charge in [0, 0.05) is 18.3 Å². The molecule has 1 aromatic rings. The van der Waals surface area contributed by atoms with Gasteiger partial charge in [0.25, 0.3) is 0 Å². The van der Waals surface area contributed by atoms with Crippen molar-refractivity contribution in [3.8, 4) is 0 Å². The van der Waals surface area contributed by atoms with Crippen LogP contribution in [-0.2, 0) is 20.4 Å². The van der Waals surface area contributed by atoms with Gasteiger partial charge in [-0.2, -0.15) is 0 Å². The monoisotopic (exact) mass is 336 g/mol. The smallest absolute Gasteiger partial charge is 0.245 e. The van der Waals surface area contributed by atoms with Crippen molar-refractivity contribution in [2.45, 2.75) is 56.2 Å². The molecule has 1 atom stereocenters. The first-order chi connectivity index (χ1) is 10.9. The van der Waals surface area contributed by atoms with Crippen LogP contribution in [0.15, 0.2) is 24.3 Å². The maximum absolute atomic E-state index is 12.4. The number of amides is 1. The van der Waals surface area contributed by atoms with Crippen molar-refractivity contribution >= 4 is 21.4 Å². The van der Waals surface area contributed by atoms with Crippen LogP contribution in [0.25, 0.3) is 0 Å². The molecule has 5 nitrogen and oxygen atoms in total. The number of carbonyl (C=O) groups excluding carboxylic acids is 1. The van der Waals surface area contributed by atoms with E-state index in [1.165, 1.54) is 0 Å². The molecule has 1 N–H and O–H groups in total. The maximum atomic E-state index is 12.4. The van der Waals surface area contributed by atoms with Crippen LogP contribution in [-0.4, -0.2) is 43.1 Å². The minimum Gasteiger partial charge on any atom is -0.374 e. The predicted octanol–water partition coefficient (Wildman–Crippen LogP) is 2.19. The zero-order valence-electron chi connectivity index (χ0n) is 13.7. The molecular weight excluding hydrogens is 312 g/mol. The van der Waals surface area contributed by atoms with E-state index in [0.717, 1.165) is 37.1 Å². The number of likely N-dealkylation sites (tertiary alicyclic amines) is 1. The fourth-order valence-corrected chi connectivity index (χ4v) is 3.91. The highest BCUT2D eigenvalue weighted by molar-refractivity contribution is 7.91. The molecule has 126 valence electrons. The van der Waals surface area contributed by atoms with Crippen molar-refractivity contribution in [3.63, 3.8) is 0 Å². The Labute approximate surface area is 138 Å². The van der Waals surface area contributed by atoms with Gasteiger partial charge >= 0.3 is 0 Å². The molecule has 0 spiro atoms. The van der Waals surface area contributed by atoms with Crippen LogP contribution < -0.4 is 5.32 Å². The summed E-state index contributed by atoms with van der Waals surface area (Å²) in [5, 5.41) is 2.89. The van der Waals surface area contributed by atoms with E-state index in [-0.39, 0.29) is 23.0 Å². The van der Waals surface area contributed by atoms with Crippen molar-refractivity contribution in [2.24, 2.45) is 0 Å². The second-order valence-electron chi connectivity index (χ2n) is 6.80. The van der Waals surface area contributed by atoms with E-state index >= 15 is 0 Å². The standard InChI is InChI=1S/C17H24N2O3S/c1-12(2)23(21,22)11-13-4-3-5-14(10-13)18-16-8-9-19(17(16)20)15-6-7-15/h3-5,10,12,15-16,18H,6-9,11H2,1-2H3/t16-/m1/s1. The van der Waals surface area contributed by atoms with E-state index < -0.39 is 9.84 Å². The Morgan fingerprint density at radius 2 is 2.00 bits per heavy atom. The topological polar surface area (TPSA) is 66.5 Å². The number of benzene rings is 1. The molecule has 3 rings (SSSR count). The van der Waals surface area contributed by atoms with Gasteiger partial charge in [-0.3, -0.25) is 4.79 Å². The Morgan fingerprint density at radius 1 is 1.26 bits per heavy atom. The number of hydrogen-bond donors (Lipinski definition) is 1. The molecular formula is C17H24N2O3S. The quantitative estimate of drug-likeness (QED) is 0.865.